The van der Waals surface area contributed by atoms with Crippen LogP contribution in [0.3, 0.4) is 0 Å². The van der Waals surface area contributed by atoms with Gasteiger partial charge in [-0.3, -0.25) is 9.59 Å². The first kappa shape index (κ1) is 14.2. The Kier molecular flexibility index (Phi) is 5.32. The van der Waals surface area contributed by atoms with Crippen LogP contribution in [0.5, 0.6) is 0 Å². The lowest BCUT2D eigenvalue weighted by atomic mass is 10.1. The van der Waals surface area contributed by atoms with Crippen LogP contribution in [0.1, 0.15) is 18.4 Å². The summed E-state index contributed by atoms with van der Waals surface area (Å²) < 4.78 is 0. The normalized spacial score (nSPS) is 11.9. The van der Waals surface area contributed by atoms with Crippen LogP contribution in [-0.4, -0.2) is 35.0 Å². The number of carboxylic acid groups (broad SMARTS) is 1. The van der Waals surface area contributed by atoms with Gasteiger partial charge in [-0.2, -0.15) is 0 Å². The van der Waals surface area contributed by atoms with Crippen LogP contribution in [0.15, 0.2) is 30.3 Å². The molecular formula is C13H18N2O3. The summed E-state index contributed by atoms with van der Waals surface area (Å²) in [5, 5.41) is 8.62. The third-order valence-corrected chi connectivity index (χ3v) is 2.67. The molecule has 18 heavy (non-hydrogen) atoms. The number of carbonyl (C=O) groups is 2. The highest BCUT2D eigenvalue weighted by Crippen LogP contribution is 2.05. The van der Waals surface area contributed by atoms with E-state index in [0.717, 1.165) is 5.56 Å². The van der Waals surface area contributed by atoms with E-state index in [4.69, 9.17) is 10.8 Å². The van der Waals surface area contributed by atoms with Crippen molar-refractivity contribution in [2.24, 2.45) is 5.73 Å². The topological polar surface area (TPSA) is 83.6 Å². The van der Waals surface area contributed by atoms with Gasteiger partial charge in [0.05, 0.1) is 0 Å². The molecule has 0 spiro atoms. The lowest BCUT2D eigenvalue weighted by Crippen LogP contribution is -2.33. The van der Waals surface area contributed by atoms with E-state index in [0.29, 0.717) is 6.54 Å². The van der Waals surface area contributed by atoms with Crippen LogP contribution in [-0.2, 0) is 16.1 Å². The molecule has 98 valence electrons. The number of amides is 1. The van der Waals surface area contributed by atoms with Gasteiger partial charge in [0.2, 0.25) is 5.91 Å². The number of hydrogen-bond acceptors (Lipinski definition) is 3. The fraction of sp³-hybridized carbons (Fsp3) is 0.385. The van der Waals surface area contributed by atoms with Crippen LogP contribution in [0.4, 0.5) is 0 Å². The Morgan fingerprint density at radius 2 is 1.94 bits per heavy atom. The molecule has 0 unspecified atom stereocenters. The molecule has 0 saturated heterocycles. The molecule has 0 fully saturated rings. The molecule has 0 aliphatic heterocycles. The van der Waals surface area contributed by atoms with E-state index in [-0.39, 0.29) is 18.7 Å². The van der Waals surface area contributed by atoms with Gasteiger partial charge in [0.15, 0.2) is 0 Å². The third kappa shape index (κ3) is 4.55. The minimum absolute atomic E-state index is 0.101. The van der Waals surface area contributed by atoms with Crippen molar-refractivity contribution in [3.05, 3.63) is 35.9 Å². The van der Waals surface area contributed by atoms with E-state index < -0.39 is 12.0 Å². The molecule has 3 N–H and O–H groups in total. The smallest absolute Gasteiger partial charge is 0.320 e. The molecule has 0 bridgehead atoms. The lowest BCUT2D eigenvalue weighted by molar-refractivity contribution is -0.139. The SMILES string of the molecule is CN(Cc1ccccc1)C(=O)CC[C@H](N)C(=O)O. The predicted octanol–water partition coefficient (Wildman–Crippen LogP) is 0.837. The van der Waals surface area contributed by atoms with Crippen LogP contribution in [0.2, 0.25) is 0 Å². The Morgan fingerprint density at radius 3 is 2.50 bits per heavy atom. The zero-order chi connectivity index (χ0) is 13.5. The van der Waals surface area contributed by atoms with E-state index in [2.05, 4.69) is 0 Å². The number of carbonyl (C=O) groups excluding carboxylic acids is 1. The summed E-state index contributed by atoms with van der Waals surface area (Å²) in [5.41, 5.74) is 6.39. The molecule has 1 aromatic carbocycles. The van der Waals surface area contributed by atoms with Gasteiger partial charge >= 0.3 is 5.97 Å². The fourth-order valence-electron chi connectivity index (χ4n) is 1.54. The Hall–Kier alpha value is -1.88. The van der Waals surface area contributed by atoms with E-state index in [1.165, 1.54) is 0 Å². The summed E-state index contributed by atoms with van der Waals surface area (Å²) in [6.07, 6.45) is 0.310. The molecule has 5 nitrogen and oxygen atoms in total. The lowest BCUT2D eigenvalue weighted by Gasteiger charge is -2.17. The van der Waals surface area contributed by atoms with Gasteiger partial charge in [-0.1, -0.05) is 30.3 Å². The average Bonchev–Trinajstić information content (AvgIpc) is 2.36. The molecule has 5 heteroatoms. The molecule has 1 aromatic rings. The molecule has 1 amide bonds. The maximum atomic E-state index is 11.8. The number of rotatable bonds is 6. The van der Waals surface area contributed by atoms with Crippen LogP contribution in [0, 0.1) is 0 Å². The highest BCUT2D eigenvalue weighted by Gasteiger charge is 2.15. The van der Waals surface area contributed by atoms with Gasteiger partial charge in [0, 0.05) is 20.0 Å². The number of carboxylic acids is 1. The Bertz CT molecular complexity index is 406. The minimum Gasteiger partial charge on any atom is -0.480 e. The molecule has 1 atom stereocenters. The first-order valence-corrected chi connectivity index (χ1v) is 5.77. The second-order valence-electron chi connectivity index (χ2n) is 4.22. The van der Waals surface area contributed by atoms with Crippen LogP contribution in [0.25, 0.3) is 0 Å². The zero-order valence-electron chi connectivity index (χ0n) is 10.4. The number of aliphatic carboxylic acids is 1. The van der Waals surface area contributed by atoms with Gasteiger partial charge < -0.3 is 15.7 Å². The summed E-state index contributed by atoms with van der Waals surface area (Å²) in [5.74, 6) is -1.18. The summed E-state index contributed by atoms with van der Waals surface area (Å²) >= 11 is 0. The van der Waals surface area contributed by atoms with Crippen LogP contribution < -0.4 is 5.73 Å². The molecule has 0 aliphatic rings. The van der Waals surface area contributed by atoms with E-state index in [9.17, 15) is 9.59 Å². The summed E-state index contributed by atoms with van der Waals surface area (Å²) in [4.78, 5) is 23.8. The monoisotopic (exact) mass is 250 g/mol. The second kappa shape index (κ2) is 6.76. The maximum Gasteiger partial charge on any atom is 0.320 e. The second-order valence-corrected chi connectivity index (χ2v) is 4.22. The van der Waals surface area contributed by atoms with Crippen molar-refractivity contribution in [3.8, 4) is 0 Å². The number of hydrogen-bond donors (Lipinski definition) is 2. The molecule has 0 heterocycles. The van der Waals surface area contributed by atoms with Gasteiger partial charge in [-0.25, -0.2) is 0 Å². The quantitative estimate of drug-likeness (QED) is 0.783. The summed E-state index contributed by atoms with van der Waals surface area (Å²) in [7, 11) is 1.70. The fourth-order valence-corrected chi connectivity index (χ4v) is 1.54. The largest absolute Gasteiger partial charge is 0.480 e. The first-order valence-electron chi connectivity index (χ1n) is 5.77. The average molecular weight is 250 g/mol. The van der Waals surface area contributed by atoms with E-state index >= 15 is 0 Å². The number of nitrogens with zero attached hydrogens (tertiary/aromatic N) is 1. The Labute approximate surface area is 106 Å². The molecular weight excluding hydrogens is 232 g/mol. The standard InChI is InChI=1S/C13H18N2O3/c1-15(9-10-5-3-2-4-6-10)12(16)8-7-11(14)13(17)18/h2-6,11H,7-9,14H2,1H3,(H,17,18)/t11-/m0/s1. The van der Waals surface area contributed by atoms with Gasteiger partial charge in [0.1, 0.15) is 6.04 Å². The zero-order valence-corrected chi connectivity index (χ0v) is 10.4. The molecule has 0 radical (unpaired) electrons. The van der Waals surface area contributed by atoms with Crippen molar-refractivity contribution in [1.82, 2.24) is 4.90 Å². The number of benzene rings is 1. The Balaban J connectivity index is 2.40. The first-order chi connectivity index (χ1) is 8.50. The predicted molar refractivity (Wildman–Crippen MR) is 67.8 cm³/mol. The molecule has 0 aliphatic carbocycles. The van der Waals surface area contributed by atoms with E-state index in [1.54, 1.807) is 11.9 Å². The minimum atomic E-state index is -1.08. The van der Waals surface area contributed by atoms with Crippen molar-refractivity contribution in [3.63, 3.8) is 0 Å². The maximum absolute atomic E-state index is 11.8. The van der Waals surface area contributed by atoms with Crippen molar-refractivity contribution < 1.29 is 14.7 Å². The van der Waals surface area contributed by atoms with E-state index in [1.807, 2.05) is 30.3 Å². The molecule has 0 aromatic heterocycles. The Morgan fingerprint density at radius 1 is 1.33 bits per heavy atom. The van der Waals surface area contributed by atoms with Gasteiger partial charge in [-0.15, -0.1) is 0 Å². The number of nitrogens with two attached hydrogens (primary N) is 1. The highest BCUT2D eigenvalue weighted by molar-refractivity contribution is 5.78. The summed E-state index contributed by atoms with van der Waals surface area (Å²) in [6.45, 7) is 0.516. The molecule has 1 rings (SSSR count). The van der Waals surface area contributed by atoms with Crippen molar-refractivity contribution in [2.75, 3.05) is 7.05 Å². The van der Waals surface area contributed by atoms with Crippen molar-refractivity contribution in [2.45, 2.75) is 25.4 Å². The van der Waals surface area contributed by atoms with Gasteiger partial charge in [0.25, 0.3) is 0 Å². The highest BCUT2D eigenvalue weighted by atomic mass is 16.4. The van der Waals surface area contributed by atoms with Crippen molar-refractivity contribution in [1.29, 1.82) is 0 Å². The summed E-state index contributed by atoms with van der Waals surface area (Å²) in [6, 6.07) is 8.64. The molecule has 0 saturated carbocycles. The van der Waals surface area contributed by atoms with Gasteiger partial charge in [-0.05, 0) is 12.0 Å². The van der Waals surface area contributed by atoms with Crippen molar-refractivity contribution >= 4 is 11.9 Å². The third-order valence-electron chi connectivity index (χ3n) is 2.67. The van der Waals surface area contributed by atoms with Crippen LogP contribution >= 0.6 is 0 Å².